The molecule has 0 amide bonds. The number of aromatic nitrogens is 2. The van der Waals surface area contributed by atoms with E-state index in [1.807, 2.05) is 37.7 Å². The van der Waals surface area contributed by atoms with E-state index in [2.05, 4.69) is 39.0 Å². The van der Waals surface area contributed by atoms with E-state index < -0.39 is 13.9 Å². The standard InChI is InChI=1S/C17H32N2O3Si/c1-9-21-15(20)12-17(5,6)19-11-10-14(18-19)13-22-23(7,8)16(2,3)4/h10-11H,9,12-13H2,1-8H3. The molecule has 0 aliphatic carbocycles. The number of carbonyl (C=O) groups excluding carboxylic acids is 1. The number of nitrogens with zero attached hydrogens (tertiary/aromatic N) is 2. The summed E-state index contributed by atoms with van der Waals surface area (Å²) in [5.74, 6) is -0.202. The van der Waals surface area contributed by atoms with Crippen LogP contribution in [-0.2, 0) is 26.1 Å². The average molecular weight is 341 g/mol. The molecule has 0 aliphatic heterocycles. The highest BCUT2D eigenvalue weighted by atomic mass is 28.4. The Bertz CT molecular complexity index is 530. The molecule has 5 nitrogen and oxygen atoms in total. The van der Waals surface area contributed by atoms with Crippen LogP contribution in [0.2, 0.25) is 18.1 Å². The van der Waals surface area contributed by atoms with Crippen LogP contribution in [0.15, 0.2) is 12.3 Å². The minimum absolute atomic E-state index is 0.179. The van der Waals surface area contributed by atoms with E-state index in [1.54, 1.807) is 0 Å². The van der Waals surface area contributed by atoms with Crippen molar-refractivity contribution < 1.29 is 14.0 Å². The minimum atomic E-state index is -1.78. The van der Waals surface area contributed by atoms with Crippen LogP contribution < -0.4 is 0 Å². The first-order valence-corrected chi connectivity index (χ1v) is 11.1. The second kappa shape index (κ2) is 7.17. The first-order chi connectivity index (χ1) is 10.4. The summed E-state index contributed by atoms with van der Waals surface area (Å²) in [6.45, 7) is 17.8. The molecular formula is C17H32N2O3Si. The van der Waals surface area contributed by atoms with Crippen LogP contribution in [0.1, 0.15) is 53.7 Å². The van der Waals surface area contributed by atoms with Gasteiger partial charge in [0.15, 0.2) is 8.32 Å². The normalized spacial score (nSPS) is 13.2. The van der Waals surface area contributed by atoms with Crippen LogP contribution in [0.5, 0.6) is 0 Å². The molecule has 1 heterocycles. The highest BCUT2D eigenvalue weighted by Crippen LogP contribution is 2.37. The molecule has 1 rings (SSSR count). The van der Waals surface area contributed by atoms with Gasteiger partial charge in [-0.1, -0.05) is 20.8 Å². The van der Waals surface area contributed by atoms with Gasteiger partial charge in [0.2, 0.25) is 0 Å². The lowest BCUT2D eigenvalue weighted by molar-refractivity contribution is -0.145. The smallest absolute Gasteiger partial charge is 0.308 e. The lowest BCUT2D eigenvalue weighted by atomic mass is 10.0. The summed E-state index contributed by atoms with van der Waals surface area (Å²) in [5, 5.41) is 4.77. The first kappa shape index (κ1) is 19.9. The molecule has 0 atom stereocenters. The largest absolute Gasteiger partial charge is 0.466 e. The molecule has 0 radical (unpaired) electrons. The zero-order valence-corrected chi connectivity index (χ0v) is 16.9. The second-order valence-electron chi connectivity index (χ2n) is 8.09. The van der Waals surface area contributed by atoms with Gasteiger partial charge in [0.25, 0.3) is 0 Å². The predicted octanol–water partition coefficient (Wildman–Crippen LogP) is 4.09. The predicted molar refractivity (Wildman–Crippen MR) is 94.8 cm³/mol. The monoisotopic (exact) mass is 340 g/mol. The average Bonchev–Trinajstić information content (AvgIpc) is 2.84. The van der Waals surface area contributed by atoms with Crippen LogP contribution in [0.25, 0.3) is 0 Å². The summed E-state index contributed by atoms with van der Waals surface area (Å²) in [6, 6.07) is 1.96. The van der Waals surface area contributed by atoms with Crippen LogP contribution in [-0.4, -0.2) is 30.7 Å². The fraction of sp³-hybridized carbons (Fsp3) is 0.765. The summed E-state index contributed by atoms with van der Waals surface area (Å²) in [5.41, 5.74) is 0.480. The third-order valence-corrected chi connectivity index (χ3v) is 9.01. The molecule has 0 bridgehead atoms. The van der Waals surface area contributed by atoms with Crippen molar-refractivity contribution in [3.63, 3.8) is 0 Å². The summed E-state index contributed by atoms with van der Waals surface area (Å²) in [4.78, 5) is 11.7. The molecule has 1 aromatic rings. The SMILES string of the molecule is CCOC(=O)CC(C)(C)n1ccc(CO[Si](C)(C)C(C)(C)C)n1. The Labute approximate surface area is 141 Å². The molecule has 0 unspecified atom stereocenters. The first-order valence-electron chi connectivity index (χ1n) is 8.23. The summed E-state index contributed by atoms with van der Waals surface area (Å²) >= 11 is 0. The maximum absolute atomic E-state index is 11.7. The number of esters is 1. The van der Waals surface area contributed by atoms with E-state index in [0.29, 0.717) is 19.6 Å². The number of hydrogen-bond donors (Lipinski definition) is 0. The van der Waals surface area contributed by atoms with Gasteiger partial charge < -0.3 is 9.16 Å². The molecule has 1 aromatic heterocycles. The molecule has 0 N–H and O–H groups in total. The van der Waals surface area contributed by atoms with E-state index in [4.69, 9.17) is 9.16 Å². The van der Waals surface area contributed by atoms with Crippen molar-refractivity contribution in [2.24, 2.45) is 0 Å². The maximum atomic E-state index is 11.7. The van der Waals surface area contributed by atoms with Crippen molar-refractivity contribution >= 4 is 14.3 Å². The Hall–Kier alpha value is -1.14. The van der Waals surface area contributed by atoms with E-state index in [0.717, 1.165) is 5.69 Å². The molecule has 0 fully saturated rings. The lowest BCUT2D eigenvalue weighted by Crippen LogP contribution is -2.40. The highest BCUT2D eigenvalue weighted by Gasteiger charge is 2.37. The summed E-state index contributed by atoms with van der Waals surface area (Å²) < 4.78 is 13.1. The van der Waals surface area contributed by atoms with Gasteiger partial charge in [-0.3, -0.25) is 9.48 Å². The van der Waals surface area contributed by atoms with Crippen LogP contribution >= 0.6 is 0 Å². The molecule has 0 aliphatic rings. The quantitative estimate of drug-likeness (QED) is 0.554. The molecule has 23 heavy (non-hydrogen) atoms. The Morgan fingerprint density at radius 3 is 2.39 bits per heavy atom. The second-order valence-corrected chi connectivity index (χ2v) is 12.9. The Morgan fingerprint density at radius 1 is 1.26 bits per heavy atom. The lowest BCUT2D eigenvalue weighted by Gasteiger charge is -2.35. The van der Waals surface area contributed by atoms with Crippen molar-refractivity contribution in [3.05, 3.63) is 18.0 Å². The molecule has 0 spiro atoms. The zero-order valence-electron chi connectivity index (χ0n) is 15.9. The Morgan fingerprint density at radius 2 is 1.87 bits per heavy atom. The summed E-state index contributed by atoms with van der Waals surface area (Å²) in [7, 11) is -1.78. The van der Waals surface area contributed by atoms with Crippen LogP contribution in [0.4, 0.5) is 0 Å². The number of carbonyl (C=O) groups is 1. The van der Waals surface area contributed by atoms with Gasteiger partial charge in [-0.25, -0.2) is 0 Å². The number of ether oxygens (including phenoxy) is 1. The Kier molecular flexibility index (Phi) is 6.21. The van der Waals surface area contributed by atoms with Gasteiger partial charge in [-0.15, -0.1) is 0 Å². The molecular weight excluding hydrogens is 308 g/mol. The minimum Gasteiger partial charge on any atom is -0.466 e. The van der Waals surface area contributed by atoms with Gasteiger partial charge in [0.1, 0.15) is 0 Å². The topological polar surface area (TPSA) is 53.4 Å². The Balaban J connectivity index is 2.72. The third-order valence-electron chi connectivity index (χ3n) is 4.53. The van der Waals surface area contributed by atoms with E-state index in [1.165, 1.54) is 0 Å². The van der Waals surface area contributed by atoms with Gasteiger partial charge in [0, 0.05) is 6.20 Å². The maximum Gasteiger partial charge on any atom is 0.308 e. The number of hydrogen-bond acceptors (Lipinski definition) is 4. The van der Waals surface area contributed by atoms with Crippen molar-refractivity contribution in [1.82, 2.24) is 9.78 Å². The zero-order chi connectivity index (χ0) is 17.9. The number of rotatable bonds is 7. The van der Waals surface area contributed by atoms with E-state index in [9.17, 15) is 4.79 Å². The van der Waals surface area contributed by atoms with Gasteiger partial charge in [-0.2, -0.15) is 5.10 Å². The van der Waals surface area contributed by atoms with Gasteiger partial charge in [-0.05, 0) is 45.0 Å². The fourth-order valence-electron chi connectivity index (χ4n) is 1.89. The van der Waals surface area contributed by atoms with Crippen molar-refractivity contribution in [2.75, 3.05) is 6.61 Å². The highest BCUT2D eigenvalue weighted by molar-refractivity contribution is 6.74. The van der Waals surface area contributed by atoms with E-state index >= 15 is 0 Å². The fourth-order valence-corrected chi connectivity index (χ4v) is 2.83. The molecule has 6 heteroatoms. The van der Waals surface area contributed by atoms with E-state index in [-0.39, 0.29) is 11.0 Å². The molecule has 0 saturated heterocycles. The van der Waals surface area contributed by atoms with Crippen LogP contribution in [0, 0.1) is 0 Å². The molecule has 0 aromatic carbocycles. The molecule has 0 saturated carbocycles. The summed E-state index contributed by atoms with van der Waals surface area (Å²) in [6.07, 6.45) is 2.20. The molecule has 132 valence electrons. The van der Waals surface area contributed by atoms with Gasteiger partial charge in [0.05, 0.1) is 30.9 Å². The van der Waals surface area contributed by atoms with Crippen molar-refractivity contribution in [3.8, 4) is 0 Å². The van der Waals surface area contributed by atoms with Crippen LogP contribution in [0.3, 0.4) is 0 Å². The van der Waals surface area contributed by atoms with Crippen molar-refractivity contribution in [1.29, 1.82) is 0 Å². The van der Waals surface area contributed by atoms with Crippen molar-refractivity contribution in [2.45, 2.75) is 78.2 Å². The van der Waals surface area contributed by atoms with Gasteiger partial charge >= 0.3 is 5.97 Å². The third kappa shape index (κ3) is 5.46.